The van der Waals surface area contributed by atoms with E-state index in [0.717, 1.165) is 23.0 Å². The van der Waals surface area contributed by atoms with Crippen LogP contribution in [0.15, 0.2) is 28.7 Å². The maximum absolute atomic E-state index is 12.6. The summed E-state index contributed by atoms with van der Waals surface area (Å²) in [5.41, 5.74) is 6.73. The van der Waals surface area contributed by atoms with Crippen LogP contribution in [0.5, 0.6) is 0 Å². The van der Waals surface area contributed by atoms with E-state index in [2.05, 4.69) is 29.8 Å². The van der Waals surface area contributed by atoms with Crippen molar-refractivity contribution >= 4 is 21.8 Å². The maximum Gasteiger partial charge on any atom is 0.225 e. The van der Waals surface area contributed by atoms with Crippen molar-refractivity contribution in [1.82, 2.24) is 4.90 Å². The van der Waals surface area contributed by atoms with Crippen LogP contribution in [-0.4, -0.2) is 37.1 Å². The minimum absolute atomic E-state index is 0.0169. The zero-order valence-electron chi connectivity index (χ0n) is 13.0. The van der Waals surface area contributed by atoms with Gasteiger partial charge >= 0.3 is 0 Å². The molecule has 2 atom stereocenters. The number of carbonyl (C=O) groups is 1. The molecule has 0 fully saturated rings. The van der Waals surface area contributed by atoms with Gasteiger partial charge < -0.3 is 15.4 Å². The van der Waals surface area contributed by atoms with Crippen molar-refractivity contribution < 1.29 is 9.53 Å². The molecule has 4 nitrogen and oxygen atoms in total. The van der Waals surface area contributed by atoms with Gasteiger partial charge in [-0.05, 0) is 25.0 Å². The summed E-state index contributed by atoms with van der Waals surface area (Å²) in [5, 5.41) is 0. The highest BCUT2D eigenvalue weighted by Gasteiger charge is 2.24. The highest BCUT2D eigenvalue weighted by molar-refractivity contribution is 9.10. The van der Waals surface area contributed by atoms with Gasteiger partial charge in [0, 0.05) is 24.7 Å². The number of benzene rings is 1. The minimum Gasteiger partial charge on any atom is -0.380 e. The van der Waals surface area contributed by atoms with E-state index in [4.69, 9.17) is 10.5 Å². The van der Waals surface area contributed by atoms with Gasteiger partial charge in [0.25, 0.3) is 0 Å². The molecule has 0 spiro atoms. The number of ether oxygens (including phenoxy) is 1. The van der Waals surface area contributed by atoms with Crippen LogP contribution >= 0.6 is 15.9 Å². The van der Waals surface area contributed by atoms with Crippen LogP contribution in [0.4, 0.5) is 0 Å². The van der Waals surface area contributed by atoms with E-state index in [-0.39, 0.29) is 18.1 Å². The van der Waals surface area contributed by atoms with Gasteiger partial charge in [0.1, 0.15) is 0 Å². The largest absolute Gasteiger partial charge is 0.380 e. The van der Waals surface area contributed by atoms with Crippen molar-refractivity contribution in [2.45, 2.75) is 38.8 Å². The van der Waals surface area contributed by atoms with Gasteiger partial charge in [0.15, 0.2) is 0 Å². The fourth-order valence-electron chi connectivity index (χ4n) is 2.33. The molecule has 5 heteroatoms. The van der Waals surface area contributed by atoms with E-state index >= 15 is 0 Å². The molecule has 1 rings (SSSR count). The number of rotatable bonds is 8. The molecule has 0 aliphatic carbocycles. The molecule has 1 aromatic carbocycles. The average molecular weight is 357 g/mol. The zero-order valence-corrected chi connectivity index (χ0v) is 14.6. The Labute approximate surface area is 135 Å². The van der Waals surface area contributed by atoms with Gasteiger partial charge in [-0.3, -0.25) is 4.79 Å². The number of hydrogen-bond acceptors (Lipinski definition) is 3. The van der Waals surface area contributed by atoms with Gasteiger partial charge in [-0.15, -0.1) is 0 Å². The number of hydrogen-bond donors (Lipinski definition) is 1. The van der Waals surface area contributed by atoms with Crippen molar-refractivity contribution in [3.05, 3.63) is 34.3 Å². The van der Waals surface area contributed by atoms with Crippen molar-refractivity contribution in [3.8, 4) is 0 Å². The summed E-state index contributed by atoms with van der Waals surface area (Å²) in [6.07, 6.45) is 1.02. The molecule has 0 aliphatic heterocycles. The highest BCUT2D eigenvalue weighted by atomic mass is 79.9. The third kappa shape index (κ3) is 5.09. The fourth-order valence-corrected chi connectivity index (χ4v) is 2.95. The number of nitrogens with zero attached hydrogens (tertiary/aromatic N) is 1. The second kappa shape index (κ2) is 9.18. The van der Waals surface area contributed by atoms with E-state index in [1.54, 1.807) is 7.11 Å². The van der Waals surface area contributed by atoms with Gasteiger partial charge in [-0.2, -0.15) is 0 Å². The Morgan fingerprint density at radius 3 is 2.62 bits per heavy atom. The first-order valence-corrected chi connectivity index (χ1v) is 8.11. The Kier molecular flexibility index (Phi) is 7.93. The summed E-state index contributed by atoms with van der Waals surface area (Å²) >= 11 is 3.56. The summed E-state index contributed by atoms with van der Waals surface area (Å²) < 4.78 is 6.25. The van der Waals surface area contributed by atoms with Crippen molar-refractivity contribution in [2.75, 3.05) is 20.2 Å². The molecule has 0 aromatic heterocycles. The Morgan fingerprint density at radius 2 is 2.10 bits per heavy atom. The smallest absolute Gasteiger partial charge is 0.225 e. The molecule has 0 saturated heterocycles. The molecule has 0 saturated carbocycles. The monoisotopic (exact) mass is 356 g/mol. The summed E-state index contributed by atoms with van der Waals surface area (Å²) in [4.78, 5) is 14.5. The van der Waals surface area contributed by atoms with Gasteiger partial charge in [0.2, 0.25) is 5.91 Å². The first-order chi connectivity index (χ1) is 10.0. The van der Waals surface area contributed by atoms with Crippen molar-refractivity contribution in [2.24, 2.45) is 5.73 Å². The summed E-state index contributed by atoms with van der Waals surface area (Å²) in [6, 6.07) is 8.02. The molecule has 21 heavy (non-hydrogen) atoms. The molecule has 0 aliphatic rings. The van der Waals surface area contributed by atoms with Crippen LogP contribution in [0.25, 0.3) is 0 Å². The number of halogens is 1. The molecule has 1 amide bonds. The lowest BCUT2D eigenvalue weighted by atomic mass is 10.1. The van der Waals surface area contributed by atoms with Crippen LogP contribution < -0.4 is 5.73 Å². The van der Waals surface area contributed by atoms with Crippen molar-refractivity contribution in [1.29, 1.82) is 0 Å². The maximum atomic E-state index is 12.6. The lowest BCUT2D eigenvalue weighted by Crippen LogP contribution is -2.38. The molecule has 0 heterocycles. The third-order valence-electron chi connectivity index (χ3n) is 3.61. The van der Waals surface area contributed by atoms with Crippen molar-refractivity contribution in [3.63, 3.8) is 0 Å². The van der Waals surface area contributed by atoms with E-state index in [1.165, 1.54) is 0 Å². The van der Waals surface area contributed by atoms with E-state index in [0.29, 0.717) is 13.0 Å². The molecule has 2 unspecified atom stereocenters. The Bertz CT molecular complexity index is 450. The first-order valence-electron chi connectivity index (χ1n) is 7.31. The SMILES string of the molecule is CCCN(C(=O)CC(CN)OC)C(C)c1ccccc1Br. The second-order valence-electron chi connectivity index (χ2n) is 5.08. The van der Waals surface area contributed by atoms with Crippen LogP contribution in [0, 0.1) is 0 Å². The standard InChI is InChI=1S/C16H25BrN2O2/c1-4-9-19(16(20)10-13(11-18)21-3)12(2)14-7-5-6-8-15(14)17/h5-8,12-13H,4,9-11,18H2,1-3H3. The Morgan fingerprint density at radius 1 is 1.43 bits per heavy atom. The quantitative estimate of drug-likeness (QED) is 0.778. The van der Waals surface area contributed by atoms with Gasteiger partial charge in [-0.25, -0.2) is 0 Å². The van der Waals surface area contributed by atoms with E-state index < -0.39 is 0 Å². The molecular weight excluding hydrogens is 332 g/mol. The second-order valence-corrected chi connectivity index (χ2v) is 5.94. The molecule has 0 radical (unpaired) electrons. The summed E-state index contributed by atoms with van der Waals surface area (Å²) in [6.45, 7) is 5.20. The number of carbonyl (C=O) groups excluding carboxylic acids is 1. The Hall–Kier alpha value is -0.910. The minimum atomic E-state index is -0.219. The van der Waals surface area contributed by atoms with Crippen LogP contribution in [0.1, 0.15) is 38.3 Å². The average Bonchev–Trinajstić information content (AvgIpc) is 2.49. The summed E-state index contributed by atoms with van der Waals surface area (Å²) in [7, 11) is 1.59. The van der Waals surface area contributed by atoms with Crippen LogP contribution in [0.3, 0.4) is 0 Å². The van der Waals surface area contributed by atoms with Gasteiger partial charge in [-0.1, -0.05) is 41.1 Å². The molecule has 1 aromatic rings. The number of methoxy groups -OCH3 is 1. The summed E-state index contributed by atoms with van der Waals surface area (Å²) in [5.74, 6) is 0.0809. The van der Waals surface area contributed by atoms with E-state index in [1.807, 2.05) is 29.2 Å². The first kappa shape index (κ1) is 18.1. The van der Waals surface area contributed by atoms with Gasteiger partial charge in [0.05, 0.1) is 18.6 Å². The predicted octanol–water partition coefficient (Wildman–Crippen LogP) is 3.11. The van der Waals surface area contributed by atoms with Crippen LogP contribution in [-0.2, 0) is 9.53 Å². The zero-order chi connectivity index (χ0) is 15.8. The van der Waals surface area contributed by atoms with E-state index in [9.17, 15) is 4.79 Å². The van der Waals surface area contributed by atoms with Crippen LogP contribution in [0.2, 0.25) is 0 Å². The Balaban J connectivity index is 2.90. The lowest BCUT2D eigenvalue weighted by molar-refractivity contribution is -0.135. The molecule has 2 N–H and O–H groups in total. The highest BCUT2D eigenvalue weighted by Crippen LogP contribution is 2.28. The topological polar surface area (TPSA) is 55.6 Å². The normalized spacial score (nSPS) is 13.8. The lowest BCUT2D eigenvalue weighted by Gasteiger charge is -2.31. The third-order valence-corrected chi connectivity index (χ3v) is 4.33. The fraction of sp³-hybridized carbons (Fsp3) is 0.562. The number of nitrogens with two attached hydrogens (primary N) is 1. The number of amides is 1. The predicted molar refractivity (Wildman–Crippen MR) is 89.0 cm³/mol. The molecule has 118 valence electrons. The molecular formula is C16H25BrN2O2. The molecule has 0 bridgehead atoms.